The first-order chi connectivity index (χ1) is 11.3. The maximum Gasteiger partial charge on any atom is 0.257 e. The van der Waals surface area contributed by atoms with Crippen molar-refractivity contribution < 1.29 is 14.0 Å². The fourth-order valence-corrected chi connectivity index (χ4v) is 2.52. The Labute approximate surface area is 147 Å². The summed E-state index contributed by atoms with van der Waals surface area (Å²) in [5.74, 6) is 2.04. The van der Waals surface area contributed by atoms with Crippen LogP contribution >= 0.6 is 12.4 Å². The lowest BCUT2D eigenvalue weighted by atomic mass is 10.2. The van der Waals surface area contributed by atoms with Crippen LogP contribution in [0.1, 0.15) is 11.9 Å². The molecule has 0 amide bonds. The van der Waals surface area contributed by atoms with Gasteiger partial charge in [0.25, 0.3) is 5.89 Å². The van der Waals surface area contributed by atoms with Gasteiger partial charge in [0.05, 0.1) is 12.6 Å². The fraction of sp³-hybridized carbons (Fsp3) is 0.500. The Bertz CT molecular complexity index is 620. The average molecular weight is 355 g/mol. The van der Waals surface area contributed by atoms with E-state index in [1.54, 1.807) is 7.11 Å². The molecule has 2 aromatic rings. The number of halogens is 1. The van der Waals surface area contributed by atoms with Crippen LogP contribution in [0.5, 0.6) is 5.75 Å². The van der Waals surface area contributed by atoms with E-state index < -0.39 is 0 Å². The molecule has 1 unspecified atom stereocenters. The molecule has 1 aromatic carbocycles. The number of hydrogen-bond acceptors (Lipinski definition) is 7. The van der Waals surface area contributed by atoms with Gasteiger partial charge in [-0.2, -0.15) is 4.98 Å². The molecule has 132 valence electrons. The highest BCUT2D eigenvalue weighted by molar-refractivity contribution is 5.85. The van der Waals surface area contributed by atoms with Gasteiger partial charge in [0, 0.05) is 32.3 Å². The van der Waals surface area contributed by atoms with Gasteiger partial charge < -0.3 is 19.3 Å². The van der Waals surface area contributed by atoms with Crippen LogP contribution in [-0.4, -0.2) is 62.0 Å². The summed E-state index contributed by atoms with van der Waals surface area (Å²) in [7, 11) is 3.73. The molecular weight excluding hydrogens is 332 g/mol. The summed E-state index contributed by atoms with van der Waals surface area (Å²) >= 11 is 0. The van der Waals surface area contributed by atoms with E-state index in [0.29, 0.717) is 19.1 Å². The molecule has 0 spiro atoms. The van der Waals surface area contributed by atoms with Crippen molar-refractivity contribution in [2.75, 3.05) is 47.0 Å². The van der Waals surface area contributed by atoms with Gasteiger partial charge in [-0.15, -0.1) is 12.4 Å². The number of nitrogens with zero attached hydrogens (tertiary/aromatic N) is 3. The number of nitrogens with one attached hydrogen (secondary N) is 1. The third-order valence-corrected chi connectivity index (χ3v) is 3.91. The first-order valence-electron chi connectivity index (χ1n) is 7.74. The van der Waals surface area contributed by atoms with Crippen LogP contribution in [-0.2, 0) is 4.74 Å². The Kier molecular flexibility index (Phi) is 6.99. The maximum atomic E-state index is 5.55. The summed E-state index contributed by atoms with van der Waals surface area (Å²) < 4.78 is 15.9. The molecule has 3 rings (SSSR count). The Balaban J connectivity index is 0.00000208. The monoisotopic (exact) mass is 354 g/mol. The zero-order chi connectivity index (χ0) is 16.1. The number of methoxy groups -OCH3 is 1. The van der Waals surface area contributed by atoms with E-state index in [4.69, 9.17) is 14.0 Å². The molecule has 1 fully saturated rings. The Hall–Kier alpha value is -1.67. The van der Waals surface area contributed by atoms with Gasteiger partial charge in [0.2, 0.25) is 0 Å². The van der Waals surface area contributed by atoms with Crippen LogP contribution in [0, 0.1) is 0 Å². The minimum absolute atomic E-state index is 0. The Morgan fingerprint density at radius 1 is 1.29 bits per heavy atom. The number of piperazine rings is 1. The van der Waals surface area contributed by atoms with Crippen molar-refractivity contribution in [2.45, 2.75) is 6.04 Å². The molecule has 1 atom stereocenters. The second-order valence-corrected chi connectivity index (χ2v) is 5.52. The van der Waals surface area contributed by atoms with Crippen molar-refractivity contribution in [3.8, 4) is 17.2 Å². The largest absolute Gasteiger partial charge is 0.491 e. The minimum atomic E-state index is 0. The van der Waals surface area contributed by atoms with Gasteiger partial charge in [-0.3, -0.25) is 4.90 Å². The quantitative estimate of drug-likeness (QED) is 0.792. The van der Waals surface area contributed by atoms with Crippen molar-refractivity contribution in [2.24, 2.45) is 0 Å². The van der Waals surface area contributed by atoms with E-state index >= 15 is 0 Å². The van der Waals surface area contributed by atoms with Crippen molar-refractivity contribution in [3.63, 3.8) is 0 Å². The van der Waals surface area contributed by atoms with Gasteiger partial charge in [-0.1, -0.05) is 5.16 Å². The predicted molar refractivity (Wildman–Crippen MR) is 92.6 cm³/mol. The number of ether oxygens (including phenoxy) is 2. The summed E-state index contributed by atoms with van der Waals surface area (Å²) in [5, 5.41) is 7.49. The van der Waals surface area contributed by atoms with Gasteiger partial charge in [0.15, 0.2) is 5.82 Å². The van der Waals surface area contributed by atoms with E-state index in [-0.39, 0.29) is 18.4 Å². The number of hydrogen-bond donors (Lipinski definition) is 1. The average Bonchev–Trinajstić information content (AvgIpc) is 3.06. The zero-order valence-corrected chi connectivity index (χ0v) is 14.7. The molecule has 1 aliphatic heterocycles. The molecule has 0 saturated carbocycles. The van der Waals surface area contributed by atoms with Gasteiger partial charge in [-0.25, -0.2) is 0 Å². The van der Waals surface area contributed by atoms with Gasteiger partial charge in [-0.05, 0) is 31.3 Å². The predicted octanol–water partition coefficient (Wildman–Crippen LogP) is 1.76. The van der Waals surface area contributed by atoms with Crippen molar-refractivity contribution >= 4 is 12.4 Å². The standard InChI is InChI=1S/C16H22N4O3.ClH/c1-20-8-7-17-11-14(20)15-18-16(23-19-15)12-3-5-13(6-4-12)22-10-9-21-2;/h3-6,14,17H,7-11H2,1-2H3;1H. The molecule has 24 heavy (non-hydrogen) atoms. The molecule has 1 saturated heterocycles. The molecule has 8 heteroatoms. The Morgan fingerprint density at radius 2 is 2.08 bits per heavy atom. The third-order valence-electron chi connectivity index (χ3n) is 3.91. The van der Waals surface area contributed by atoms with Gasteiger partial charge >= 0.3 is 0 Å². The first-order valence-corrected chi connectivity index (χ1v) is 7.74. The molecule has 1 aliphatic rings. The summed E-state index contributed by atoms with van der Waals surface area (Å²) in [5.41, 5.74) is 0.884. The maximum absolute atomic E-state index is 5.55. The van der Waals surface area contributed by atoms with Crippen molar-refractivity contribution in [1.29, 1.82) is 0 Å². The van der Waals surface area contributed by atoms with E-state index in [1.807, 2.05) is 24.3 Å². The molecule has 2 heterocycles. The topological polar surface area (TPSA) is 72.7 Å². The highest BCUT2D eigenvalue weighted by atomic mass is 35.5. The molecular formula is C16H23ClN4O3. The summed E-state index contributed by atoms with van der Waals surface area (Å²) in [6.45, 7) is 3.89. The summed E-state index contributed by atoms with van der Waals surface area (Å²) in [6, 6.07) is 7.77. The third kappa shape index (κ3) is 4.45. The lowest BCUT2D eigenvalue weighted by Crippen LogP contribution is -2.44. The number of benzene rings is 1. The van der Waals surface area contributed by atoms with Crippen LogP contribution in [0.15, 0.2) is 28.8 Å². The highest BCUT2D eigenvalue weighted by Crippen LogP contribution is 2.24. The molecule has 1 aromatic heterocycles. The minimum Gasteiger partial charge on any atom is -0.491 e. The van der Waals surface area contributed by atoms with Gasteiger partial charge in [0.1, 0.15) is 12.4 Å². The smallest absolute Gasteiger partial charge is 0.257 e. The SMILES string of the molecule is COCCOc1ccc(-c2nc(C3CNCCN3C)no2)cc1.Cl. The highest BCUT2D eigenvalue weighted by Gasteiger charge is 2.25. The van der Waals surface area contributed by atoms with Crippen LogP contribution in [0.4, 0.5) is 0 Å². The van der Waals surface area contributed by atoms with E-state index in [0.717, 1.165) is 36.8 Å². The van der Waals surface area contributed by atoms with Crippen LogP contribution < -0.4 is 10.1 Å². The molecule has 0 bridgehead atoms. The molecule has 0 aliphatic carbocycles. The van der Waals surface area contributed by atoms with Crippen LogP contribution in [0.25, 0.3) is 11.5 Å². The number of aromatic nitrogens is 2. The summed E-state index contributed by atoms with van der Waals surface area (Å²) in [6.07, 6.45) is 0. The van der Waals surface area contributed by atoms with Crippen molar-refractivity contribution in [1.82, 2.24) is 20.4 Å². The van der Waals surface area contributed by atoms with Crippen LogP contribution in [0.2, 0.25) is 0 Å². The lowest BCUT2D eigenvalue weighted by molar-refractivity contribution is 0.146. The first kappa shape index (κ1) is 18.7. The summed E-state index contributed by atoms with van der Waals surface area (Å²) in [4.78, 5) is 6.77. The van der Waals surface area contributed by atoms with E-state index in [2.05, 4.69) is 27.4 Å². The van der Waals surface area contributed by atoms with E-state index in [1.165, 1.54) is 0 Å². The molecule has 1 N–H and O–H groups in total. The molecule has 7 nitrogen and oxygen atoms in total. The second-order valence-electron chi connectivity index (χ2n) is 5.52. The Morgan fingerprint density at radius 3 is 2.79 bits per heavy atom. The molecule has 0 radical (unpaired) electrons. The number of rotatable bonds is 6. The van der Waals surface area contributed by atoms with Crippen LogP contribution in [0.3, 0.4) is 0 Å². The second kappa shape index (κ2) is 8.98. The van der Waals surface area contributed by atoms with E-state index in [9.17, 15) is 0 Å². The fourth-order valence-electron chi connectivity index (χ4n) is 2.52. The normalized spacial score (nSPS) is 18.2. The number of likely N-dealkylation sites (N-methyl/N-ethyl adjacent to an activating group) is 1. The lowest BCUT2D eigenvalue weighted by Gasteiger charge is -2.30. The van der Waals surface area contributed by atoms with Crippen molar-refractivity contribution in [3.05, 3.63) is 30.1 Å². The zero-order valence-electron chi connectivity index (χ0n) is 13.9.